The number of likely N-dealkylation sites (tertiary alicyclic amines) is 1. The summed E-state index contributed by atoms with van der Waals surface area (Å²) in [4.78, 5) is 16.3. The van der Waals surface area contributed by atoms with E-state index in [4.69, 9.17) is 4.74 Å². The Kier molecular flexibility index (Phi) is 6.07. The van der Waals surface area contributed by atoms with E-state index < -0.39 is 6.10 Å². The first-order valence-electron chi connectivity index (χ1n) is 8.80. The van der Waals surface area contributed by atoms with Crippen molar-refractivity contribution in [3.05, 3.63) is 35.9 Å². The van der Waals surface area contributed by atoms with E-state index in [0.717, 1.165) is 25.9 Å². The summed E-state index contributed by atoms with van der Waals surface area (Å²) in [5.74, 6) is 0. The number of aryl methyl sites for hydroxylation is 1. The Bertz CT molecular complexity index is 520. The van der Waals surface area contributed by atoms with Gasteiger partial charge in [-0.3, -0.25) is 4.90 Å². The Morgan fingerprint density at radius 3 is 2.71 bits per heavy atom. The number of morpholine rings is 1. The molecule has 0 aromatic heterocycles. The number of benzene rings is 1. The lowest BCUT2D eigenvalue weighted by Gasteiger charge is -2.33. The van der Waals surface area contributed by atoms with Crippen molar-refractivity contribution in [2.75, 3.05) is 45.9 Å². The molecule has 0 aliphatic carbocycles. The lowest BCUT2D eigenvalue weighted by Crippen LogP contribution is -2.49. The average Bonchev–Trinajstić information content (AvgIpc) is 3.02. The van der Waals surface area contributed by atoms with E-state index in [1.807, 2.05) is 18.2 Å². The smallest absolute Gasteiger partial charge is 0.317 e. The molecule has 0 spiro atoms. The summed E-state index contributed by atoms with van der Waals surface area (Å²) in [7, 11) is 0. The van der Waals surface area contributed by atoms with Crippen LogP contribution in [0.15, 0.2) is 30.3 Å². The number of nitrogens with one attached hydrogen (secondary N) is 1. The molecule has 2 saturated heterocycles. The Labute approximate surface area is 143 Å². The molecule has 0 radical (unpaired) electrons. The van der Waals surface area contributed by atoms with Crippen LogP contribution in [0, 0.1) is 0 Å². The summed E-state index contributed by atoms with van der Waals surface area (Å²) in [6, 6.07) is 10.2. The van der Waals surface area contributed by atoms with Gasteiger partial charge >= 0.3 is 6.03 Å². The van der Waals surface area contributed by atoms with Gasteiger partial charge in [-0.25, -0.2) is 4.79 Å². The lowest BCUT2D eigenvalue weighted by atomic mass is 10.1. The summed E-state index contributed by atoms with van der Waals surface area (Å²) in [5.41, 5.74) is 1.29. The van der Waals surface area contributed by atoms with Crippen LogP contribution < -0.4 is 5.32 Å². The molecule has 2 aliphatic rings. The van der Waals surface area contributed by atoms with Crippen LogP contribution in [0.3, 0.4) is 0 Å². The van der Waals surface area contributed by atoms with E-state index in [0.29, 0.717) is 32.8 Å². The van der Waals surface area contributed by atoms with E-state index in [-0.39, 0.29) is 12.1 Å². The fourth-order valence-electron chi connectivity index (χ4n) is 3.45. The Morgan fingerprint density at radius 2 is 1.96 bits per heavy atom. The van der Waals surface area contributed by atoms with Crippen LogP contribution in [0.25, 0.3) is 0 Å². The third kappa shape index (κ3) is 4.47. The summed E-state index contributed by atoms with van der Waals surface area (Å²) < 4.78 is 5.35. The zero-order chi connectivity index (χ0) is 16.8. The molecule has 2 amide bonds. The molecule has 0 saturated carbocycles. The maximum Gasteiger partial charge on any atom is 0.317 e. The number of β-amino-alcohol motifs (C(OH)–C–C–N with tert-alkyl or cyclic N) is 1. The van der Waals surface area contributed by atoms with Crippen molar-refractivity contribution >= 4 is 6.03 Å². The number of urea groups is 1. The van der Waals surface area contributed by atoms with Gasteiger partial charge in [0.1, 0.15) is 0 Å². The molecule has 1 aromatic carbocycles. The number of ether oxygens (including phenoxy) is 1. The van der Waals surface area contributed by atoms with Crippen molar-refractivity contribution in [1.29, 1.82) is 0 Å². The second kappa shape index (κ2) is 8.46. The van der Waals surface area contributed by atoms with Gasteiger partial charge in [0, 0.05) is 32.7 Å². The molecule has 2 N–H and O–H groups in total. The molecule has 24 heavy (non-hydrogen) atoms. The highest BCUT2D eigenvalue weighted by atomic mass is 16.5. The third-order valence-electron chi connectivity index (χ3n) is 4.82. The molecule has 2 heterocycles. The second-order valence-corrected chi connectivity index (χ2v) is 6.51. The lowest BCUT2D eigenvalue weighted by molar-refractivity contribution is -0.00607. The predicted molar refractivity (Wildman–Crippen MR) is 91.9 cm³/mol. The van der Waals surface area contributed by atoms with Gasteiger partial charge in [-0.2, -0.15) is 0 Å². The monoisotopic (exact) mass is 333 g/mol. The molecule has 2 atom stereocenters. The molecule has 2 aliphatic heterocycles. The quantitative estimate of drug-likeness (QED) is 0.779. The minimum atomic E-state index is -0.474. The number of nitrogens with zero attached hydrogens (tertiary/aromatic N) is 2. The molecule has 6 nitrogen and oxygen atoms in total. The van der Waals surface area contributed by atoms with E-state index in [1.165, 1.54) is 5.56 Å². The molecule has 132 valence electrons. The molecule has 2 fully saturated rings. The third-order valence-corrected chi connectivity index (χ3v) is 4.82. The summed E-state index contributed by atoms with van der Waals surface area (Å²) >= 11 is 0. The normalized spacial score (nSPS) is 25.0. The number of carbonyl (C=O) groups excluding carboxylic acids is 1. The number of amides is 2. The van der Waals surface area contributed by atoms with Crippen LogP contribution in [0.2, 0.25) is 0 Å². The van der Waals surface area contributed by atoms with Crippen molar-refractivity contribution in [1.82, 2.24) is 15.1 Å². The van der Waals surface area contributed by atoms with Crippen LogP contribution in [0.5, 0.6) is 0 Å². The highest BCUT2D eigenvalue weighted by molar-refractivity contribution is 5.74. The van der Waals surface area contributed by atoms with Gasteiger partial charge in [0.15, 0.2) is 0 Å². The number of carbonyl (C=O) groups is 1. The molecular weight excluding hydrogens is 306 g/mol. The maximum absolute atomic E-state index is 12.3. The van der Waals surface area contributed by atoms with Gasteiger partial charge in [0.2, 0.25) is 0 Å². The molecule has 6 heteroatoms. The zero-order valence-electron chi connectivity index (χ0n) is 14.1. The first-order valence-corrected chi connectivity index (χ1v) is 8.80. The van der Waals surface area contributed by atoms with E-state index in [9.17, 15) is 9.90 Å². The predicted octanol–water partition coefficient (Wildman–Crippen LogP) is 0.706. The Balaban J connectivity index is 1.39. The highest BCUT2D eigenvalue weighted by Crippen LogP contribution is 2.17. The number of aliphatic hydroxyl groups excluding tert-OH is 1. The standard InChI is InChI=1S/C18H27N3O3/c22-17-14-21(13-16(17)20-9-11-24-12-10-20)18(23)19-8-4-7-15-5-2-1-3-6-15/h1-3,5-6,16-17,22H,4,7-14H2,(H,19,23)/t16-,17-/m0/s1. The van der Waals surface area contributed by atoms with Crippen molar-refractivity contribution in [2.24, 2.45) is 0 Å². The number of hydrogen-bond acceptors (Lipinski definition) is 4. The molecule has 0 bridgehead atoms. The fraction of sp³-hybridized carbons (Fsp3) is 0.611. The first kappa shape index (κ1) is 17.2. The molecule has 0 unspecified atom stereocenters. The van der Waals surface area contributed by atoms with Gasteiger partial charge in [0.25, 0.3) is 0 Å². The van der Waals surface area contributed by atoms with Gasteiger partial charge in [-0.05, 0) is 18.4 Å². The minimum Gasteiger partial charge on any atom is -0.390 e. The Hall–Kier alpha value is -1.63. The number of hydrogen-bond donors (Lipinski definition) is 2. The van der Waals surface area contributed by atoms with Crippen LogP contribution in [0.1, 0.15) is 12.0 Å². The average molecular weight is 333 g/mol. The maximum atomic E-state index is 12.3. The zero-order valence-corrected chi connectivity index (χ0v) is 14.1. The molecule has 3 rings (SSSR count). The van der Waals surface area contributed by atoms with E-state index >= 15 is 0 Å². The van der Waals surface area contributed by atoms with Gasteiger partial charge in [-0.1, -0.05) is 30.3 Å². The van der Waals surface area contributed by atoms with Gasteiger partial charge in [-0.15, -0.1) is 0 Å². The topological polar surface area (TPSA) is 65.0 Å². The summed E-state index contributed by atoms with van der Waals surface area (Å²) in [5, 5.41) is 13.2. The highest BCUT2D eigenvalue weighted by Gasteiger charge is 2.37. The van der Waals surface area contributed by atoms with Crippen molar-refractivity contribution in [3.63, 3.8) is 0 Å². The minimum absolute atomic E-state index is 0.0315. The SMILES string of the molecule is O=C(NCCCc1ccccc1)N1C[C@H](O)[C@@H](N2CCOCC2)C1. The molecule has 1 aromatic rings. The molecular formula is C18H27N3O3. The fourth-order valence-corrected chi connectivity index (χ4v) is 3.45. The van der Waals surface area contributed by atoms with Gasteiger partial charge < -0.3 is 20.1 Å². The Morgan fingerprint density at radius 1 is 1.21 bits per heavy atom. The van der Waals surface area contributed by atoms with Crippen LogP contribution in [-0.4, -0.2) is 79.0 Å². The van der Waals surface area contributed by atoms with E-state index in [1.54, 1.807) is 4.90 Å². The summed E-state index contributed by atoms with van der Waals surface area (Å²) in [6.45, 7) is 4.72. The van der Waals surface area contributed by atoms with Crippen molar-refractivity contribution < 1.29 is 14.6 Å². The van der Waals surface area contributed by atoms with Crippen molar-refractivity contribution in [3.8, 4) is 0 Å². The van der Waals surface area contributed by atoms with E-state index in [2.05, 4.69) is 22.3 Å². The second-order valence-electron chi connectivity index (χ2n) is 6.51. The first-order chi connectivity index (χ1) is 11.7. The largest absolute Gasteiger partial charge is 0.390 e. The summed E-state index contributed by atoms with van der Waals surface area (Å²) in [6.07, 6.45) is 1.40. The number of aliphatic hydroxyl groups is 1. The van der Waals surface area contributed by atoms with Crippen LogP contribution >= 0.6 is 0 Å². The van der Waals surface area contributed by atoms with Crippen LogP contribution in [0.4, 0.5) is 4.79 Å². The van der Waals surface area contributed by atoms with Gasteiger partial charge in [0.05, 0.1) is 25.4 Å². The van der Waals surface area contributed by atoms with Crippen molar-refractivity contribution in [2.45, 2.75) is 25.0 Å². The number of rotatable bonds is 5. The van der Waals surface area contributed by atoms with Crippen LogP contribution in [-0.2, 0) is 11.2 Å².